The van der Waals surface area contributed by atoms with Crippen LogP contribution in [0.3, 0.4) is 0 Å². The average Bonchev–Trinajstić information content (AvgIpc) is 2.80. The lowest BCUT2D eigenvalue weighted by Gasteiger charge is -2.10. The first-order valence-corrected chi connectivity index (χ1v) is 5.31. The summed E-state index contributed by atoms with van der Waals surface area (Å²) in [5.41, 5.74) is -0.480. The van der Waals surface area contributed by atoms with Crippen LogP contribution in [0, 0.1) is 0 Å². The van der Waals surface area contributed by atoms with Crippen molar-refractivity contribution in [3.63, 3.8) is 0 Å². The Morgan fingerprint density at radius 3 is 2.35 bits per heavy atom. The van der Waals surface area contributed by atoms with E-state index >= 15 is 0 Å². The van der Waals surface area contributed by atoms with Gasteiger partial charge in [0.05, 0.1) is 5.56 Å². The lowest BCUT2D eigenvalue weighted by atomic mass is 10.0. The molecule has 1 fully saturated rings. The van der Waals surface area contributed by atoms with Crippen LogP contribution in [0.4, 0.5) is 13.2 Å². The SMILES string of the molecule is O=C(c1ccc(C(F)(F)F)cc1)C1CCCO1. The molecule has 0 amide bonds. The fourth-order valence-electron chi connectivity index (χ4n) is 1.79. The Morgan fingerprint density at radius 1 is 1.24 bits per heavy atom. The Bertz CT molecular complexity index is 403. The number of halogens is 3. The molecule has 1 heterocycles. The van der Waals surface area contributed by atoms with Gasteiger partial charge in [-0.1, -0.05) is 12.1 Å². The van der Waals surface area contributed by atoms with Crippen molar-refractivity contribution in [2.75, 3.05) is 6.61 Å². The minimum absolute atomic E-state index is 0.240. The molecule has 0 aliphatic carbocycles. The van der Waals surface area contributed by atoms with Gasteiger partial charge in [-0.2, -0.15) is 13.2 Å². The summed E-state index contributed by atoms with van der Waals surface area (Å²) in [5.74, 6) is -0.240. The van der Waals surface area contributed by atoms with Gasteiger partial charge < -0.3 is 4.74 Å². The lowest BCUT2D eigenvalue weighted by Crippen LogP contribution is -2.19. The summed E-state index contributed by atoms with van der Waals surface area (Å²) in [6, 6.07) is 4.24. The Balaban J connectivity index is 2.15. The highest BCUT2D eigenvalue weighted by atomic mass is 19.4. The predicted molar refractivity (Wildman–Crippen MR) is 54.7 cm³/mol. The molecule has 1 aromatic rings. The van der Waals surface area contributed by atoms with Gasteiger partial charge in [-0.25, -0.2) is 0 Å². The quantitative estimate of drug-likeness (QED) is 0.747. The number of ether oxygens (including phenoxy) is 1. The van der Waals surface area contributed by atoms with Crippen LogP contribution in [-0.2, 0) is 10.9 Å². The fraction of sp³-hybridized carbons (Fsp3) is 0.417. The van der Waals surface area contributed by atoms with E-state index in [9.17, 15) is 18.0 Å². The van der Waals surface area contributed by atoms with Gasteiger partial charge in [0.15, 0.2) is 5.78 Å². The third kappa shape index (κ3) is 2.66. The molecule has 0 N–H and O–H groups in total. The lowest BCUT2D eigenvalue weighted by molar-refractivity contribution is -0.137. The van der Waals surface area contributed by atoms with Gasteiger partial charge in [-0.15, -0.1) is 0 Å². The molecule has 1 aliphatic rings. The van der Waals surface area contributed by atoms with Crippen LogP contribution >= 0.6 is 0 Å². The van der Waals surface area contributed by atoms with E-state index in [2.05, 4.69) is 0 Å². The predicted octanol–water partition coefficient (Wildman–Crippen LogP) is 3.07. The van der Waals surface area contributed by atoms with E-state index in [1.807, 2.05) is 0 Å². The van der Waals surface area contributed by atoms with E-state index in [1.54, 1.807) is 0 Å². The van der Waals surface area contributed by atoms with Crippen LogP contribution in [-0.4, -0.2) is 18.5 Å². The average molecular weight is 244 g/mol. The van der Waals surface area contributed by atoms with Crippen LogP contribution in [0.1, 0.15) is 28.8 Å². The molecule has 0 saturated carbocycles. The van der Waals surface area contributed by atoms with Crippen LogP contribution < -0.4 is 0 Å². The first kappa shape index (κ1) is 12.1. The van der Waals surface area contributed by atoms with E-state index in [4.69, 9.17) is 4.74 Å². The molecule has 5 heteroatoms. The summed E-state index contributed by atoms with van der Waals surface area (Å²) in [7, 11) is 0. The monoisotopic (exact) mass is 244 g/mol. The molecule has 17 heavy (non-hydrogen) atoms. The smallest absolute Gasteiger partial charge is 0.370 e. The van der Waals surface area contributed by atoms with Crippen molar-refractivity contribution in [2.24, 2.45) is 0 Å². The summed E-state index contributed by atoms with van der Waals surface area (Å²) < 4.78 is 42.1. The highest BCUT2D eigenvalue weighted by Crippen LogP contribution is 2.29. The number of ketones is 1. The number of carbonyl (C=O) groups excluding carboxylic acids is 1. The van der Waals surface area contributed by atoms with Crippen LogP contribution in [0.25, 0.3) is 0 Å². The molecule has 92 valence electrons. The number of rotatable bonds is 2. The number of alkyl halides is 3. The number of hydrogen-bond acceptors (Lipinski definition) is 2. The minimum atomic E-state index is -4.37. The highest BCUT2D eigenvalue weighted by molar-refractivity contribution is 5.99. The van der Waals surface area contributed by atoms with Crippen molar-refractivity contribution in [1.29, 1.82) is 0 Å². The first-order valence-electron chi connectivity index (χ1n) is 5.31. The first-order chi connectivity index (χ1) is 7.98. The molecule has 1 unspecified atom stereocenters. The Hall–Kier alpha value is -1.36. The molecule has 0 aromatic heterocycles. The molecular formula is C12H11F3O2. The second-order valence-electron chi connectivity index (χ2n) is 3.94. The van der Waals surface area contributed by atoms with Crippen molar-refractivity contribution in [3.8, 4) is 0 Å². The summed E-state index contributed by atoms with van der Waals surface area (Å²) in [5, 5.41) is 0. The molecule has 0 spiro atoms. The molecule has 1 saturated heterocycles. The summed E-state index contributed by atoms with van der Waals surface area (Å²) in [6.07, 6.45) is -3.41. The Kier molecular flexibility index (Phi) is 3.19. The topological polar surface area (TPSA) is 26.3 Å². The molecule has 1 aromatic carbocycles. The maximum Gasteiger partial charge on any atom is 0.416 e. The van der Waals surface area contributed by atoms with Gasteiger partial charge in [0.25, 0.3) is 0 Å². The number of Topliss-reactive ketones (excluding diaryl/α,β-unsaturated/α-hetero) is 1. The Labute approximate surface area is 96.4 Å². The molecule has 0 radical (unpaired) electrons. The van der Waals surface area contributed by atoms with Crippen molar-refractivity contribution in [2.45, 2.75) is 25.1 Å². The molecule has 2 rings (SSSR count). The van der Waals surface area contributed by atoms with Crippen molar-refractivity contribution >= 4 is 5.78 Å². The van der Waals surface area contributed by atoms with E-state index in [-0.39, 0.29) is 11.3 Å². The zero-order chi connectivity index (χ0) is 12.5. The number of hydrogen-bond donors (Lipinski definition) is 0. The van der Waals surface area contributed by atoms with Crippen molar-refractivity contribution in [3.05, 3.63) is 35.4 Å². The molecular weight excluding hydrogens is 233 g/mol. The van der Waals surface area contributed by atoms with Gasteiger partial charge >= 0.3 is 6.18 Å². The van der Waals surface area contributed by atoms with Gasteiger partial charge in [-0.3, -0.25) is 4.79 Å². The summed E-state index contributed by atoms with van der Waals surface area (Å²) >= 11 is 0. The van der Waals surface area contributed by atoms with Crippen molar-refractivity contribution < 1.29 is 22.7 Å². The molecule has 2 nitrogen and oxygen atoms in total. The summed E-state index contributed by atoms with van der Waals surface area (Å²) in [4.78, 5) is 11.8. The summed E-state index contributed by atoms with van der Waals surface area (Å²) in [6.45, 7) is 0.539. The third-order valence-electron chi connectivity index (χ3n) is 2.72. The van der Waals surface area contributed by atoms with E-state index < -0.39 is 17.8 Å². The number of carbonyl (C=O) groups is 1. The third-order valence-corrected chi connectivity index (χ3v) is 2.72. The van der Waals surface area contributed by atoms with Gasteiger partial charge in [-0.05, 0) is 25.0 Å². The maximum atomic E-state index is 12.3. The molecule has 1 atom stereocenters. The Morgan fingerprint density at radius 2 is 1.88 bits per heavy atom. The molecule has 1 aliphatic heterocycles. The largest absolute Gasteiger partial charge is 0.416 e. The normalized spacial score (nSPS) is 20.5. The fourth-order valence-corrected chi connectivity index (χ4v) is 1.79. The van der Waals surface area contributed by atoms with E-state index in [0.717, 1.165) is 18.6 Å². The van der Waals surface area contributed by atoms with E-state index in [1.165, 1.54) is 12.1 Å². The highest BCUT2D eigenvalue weighted by Gasteiger charge is 2.31. The van der Waals surface area contributed by atoms with Crippen molar-refractivity contribution in [1.82, 2.24) is 0 Å². The standard InChI is InChI=1S/C12H11F3O2/c13-12(14,15)9-5-3-8(4-6-9)11(16)10-2-1-7-17-10/h3-6,10H,1-2,7H2. The zero-order valence-corrected chi connectivity index (χ0v) is 8.96. The maximum absolute atomic E-state index is 12.3. The van der Waals surface area contributed by atoms with Gasteiger partial charge in [0, 0.05) is 12.2 Å². The van der Waals surface area contributed by atoms with Gasteiger partial charge in [0.2, 0.25) is 0 Å². The number of benzene rings is 1. The van der Waals surface area contributed by atoms with Crippen LogP contribution in [0.5, 0.6) is 0 Å². The zero-order valence-electron chi connectivity index (χ0n) is 8.96. The minimum Gasteiger partial charge on any atom is -0.370 e. The van der Waals surface area contributed by atoms with Gasteiger partial charge in [0.1, 0.15) is 6.10 Å². The van der Waals surface area contributed by atoms with Crippen LogP contribution in [0.15, 0.2) is 24.3 Å². The molecule has 0 bridgehead atoms. The van der Waals surface area contributed by atoms with Crippen LogP contribution in [0.2, 0.25) is 0 Å². The van der Waals surface area contributed by atoms with E-state index in [0.29, 0.717) is 13.0 Å². The second-order valence-corrected chi connectivity index (χ2v) is 3.94. The second kappa shape index (κ2) is 4.49.